The predicted molar refractivity (Wildman–Crippen MR) is 113 cm³/mol. The first-order valence-corrected chi connectivity index (χ1v) is 12.2. The van der Waals surface area contributed by atoms with Crippen LogP contribution in [0.4, 0.5) is 0 Å². The molecule has 0 atom stereocenters. The van der Waals surface area contributed by atoms with Gasteiger partial charge in [-0.25, -0.2) is 8.42 Å². The first-order chi connectivity index (χ1) is 14.2. The third-order valence-corrected chi connectivity index (χ3v) is 6.61. The van der Waals surface area contributed by atoms with Crippen LogP contribution in [0, 0.1) is 0 Å². The first-order valence-electron chi connectivity index (χ1n) is 10.3. The Labute approximate surface area is 178 Å². The van der Waals surface area contributed by atoms with Crippen LogP contribution in [-0.2, 0) is 27.7 Å². The van der Waals surface area contributed by atoms with E-state index < -0.39 is 10.0 Å². The molecule has 30 heavy (non-hydrogen) atoms. The molecule has 1 aromatic carbocycles. The Morgan fingerprint density at radius 1 is 1.23 bits per heavy atom. The summed E-state index contributed by atoms with van der Waals surface area (Å²) in [6.45, 7) is 5.05. The van der Waals surface area contributed by atoms with Crippen molar-refractivity contribution in [3.8, 4) is 0 Å². The van der Waals surface area contributed by atoms with Crippen LogP contribution in [0.2, 0.25) is 0 Å². The number of aryl methyl sites for hydroxylation is 1. The van der Waals surface area contributed by atoms with Gasteiger partial charge in [0, 0.05) is 38.4 Å². The summed E-state index contributed by atoms with van der Waals surface area (Å²) < 4.78 is 31.2. The highest BCUT2D eigenvalue weighted by molar-refractivity contribution is 7.88. The number of hydrogen-bond donors (Lipinski definition) is 0. The Balaban J connectivity index is 1.46. The minimum Gasteiger partial charge on any atom is -0.339 e. The second-order valence-corrected chi connectivity index (χ2v) is 10.1. The van der Waals surface area contributed by atoms with Crippen molar-refractivity contribution in [3.05, 3.63) is 47.6 Å². The minimum absolute atomic E-state index is 0.0791. The molecule has 0 N–H and O–H groups in total. The molecule has 0 saturated carbocycles. The third kappa shape index (κ3) is 5.89. The van der Waals surface area contributed by atoms with Crippen LogP contribution < -0.4 is 0 Å². The van der Waals surface area contributed by atoms with Crippen molar-refractivity contribution in [3.63, 3.8) is 0 Å². The molecular formula is C21H30N4O4S. The molecule has 0 spiro atoms. The lowest BCUT2D eigenvalue weighted by atomic mass is 10.0. The van der Waals surface area contributed by atoms with Crippen molar-refractivity contribution in [1.29, 1.82) is 0 Å². The molecule has 8 nitrogen and oxygen atoms in total. The molecule has 1 fully saturated rings. The standard InChI is InChI=1S/C21H30N4O4S/c1-16(2)21-22-19(23-29-21)12-13-25(30(3,27)28)18-14-24(15-18)20(26)11-7-10-17-8-5-4-6-9-17/h4-6,8-9,16,18H,7,10-15H2,1-3H3. The average molecular weight is 435 g/mol. The molecule has 1 saturated heterocycles. The predicted octanol–water partition coefficient (Wildman–Crippen LogP) is 2.23. The van der Waals surface area contributed by atoms with Crippen molar-refractivity contribution < 1.29 is 17.7 Å². The molecule has 1 aliphatic heterocycles. The molecular weight excluding hydrogens is 404 g/mol. The van der Waals surface area contributed by atoms with Gasteiger partial charge in [-0.1, -0.05) is 49.3 Å². The van der Waals surface area contributed by atoms with E-state index in [0.717, 1.165) is 12.8 Å². The van der Waals surface area contributed by atoms with Crippen molar-refractivity contribution in [1.82, 2.24) is 19.3 Å². The normalized spacial score (nSPS) is 15.0. The van der Waals surface area contributed by atoms with Crippen molar-refractivity contribution in [2.45, 2.75) is 51.5 Å². The highest BCUT2D eigenvalue weighted by atomic mass is 32.2. The largest absolute Gasteiger partial charge is 0.339 e. The molecule has 0 unspecified atom stereocenters. The molecule has 164 valence electrons. The lowest BCUT2D eigenvalue weighted by Crippen LogP contribution is -2.62. The van der Waals surface area contributed by atoms with Crippen LogP contribution in [0.1, 0.15) is 49.9 Å². The molecule has 1 aliphatic rings. The number of carbonyl (C=O) groups excluding carboxylic acids is 1. The monoisotopic (exact) mass is 434 g/mol. The second-order valence-electron chi connectivity index (χ2n) is 8.12. The van der Waals surface area contributed by atoms with Crippen molar-refractivity contribution >= 4 is 15.9 Å². The van der Waals surface area contributed by atoms with Gasteiger partial charge in [0.15, 0.2) is 5.82 Å². The fourth-order valence-corrected chi connectivity index (χ4v) is 4.62. The van der Waals surface area contributed by atoms with Gasteiger partial charge in [0.05, 0.1) is 12.3 Å². The molecule has 2 aromatic rings. The smallest absolute Gasteiger partial charge is 0.229 e. The SMILES string of the molecule is CC(C)c1nc(CCN(C2CN(C(=O)CCCc3ccccc3)C2)S(C)(=O)=O)no1. The minimum atomic E-state index is -3.40. The number of amides is 1. The summed E-state index contributed by atoms with van der Waals surface area (Å²) >= 11 is 0. The molecule has 0 bridgehead atoms. The highest BCUT2D eigenvalue weighted by Gasteiger charge is 2.38. The molecule has 1 aromatic heterocycles. The van der Waals surface area contributed by atoms with E-state index in [-0.39, 0.29) is 24.4 Å². The fourth-order valence-electron chi connectivity index (χ4n) is 3.52. The zero-order valence-corrected chi connectivity index (χ0v) is 18.6. The van der Waals surface area contributed by atoms with Gasteiger partial charge < -0.3 is 9.42 Å². The number of nitrogens with zero attached hydrogens (tertiary/aromatic N) is 4. The maximum absolute atomic E-state index is 12.4. The van der Waals surface area contributed by atoms with Crippen LogP contribution >= 0.6 is 0 Å². The van der Waals surface area contributed by atoms with Gasteiger partial charge in [-0.2, -0.15) is 9.29 Å². The van der Waals surface area contributed by atoms with Gasteiger partial charge in [-0.05, 0) is 18.4 Å². The summed E-state index contributed by atoms with van der Waals surface area (Å²) in [4.78, 5) is 18.4. The average Bonchev–Trinajstić information content (AvgIpc) is 3.12. The van der Waals surface area contributed by atoms with E-state index in [9.17, 15) is 13.2 Å². The summed E-state index contributed by atoms with van der Waals surface area (Å²) in [6, 6.07) is 9.88. The maximum atomic E-state index is 12.4. The summed E-state index contributed by atoms with van der Waals surface area (Å²) in [5.74, 6) is 1.26. The quantitative estimate of drug-likeness (QED) is 0.569. The number of aromatic nitrogens is 2. The van der Waals surface area contributed by atoms with E-state index in [1.165, 1.54) is 16.1 Å². The Morgan fingerprint density at radius 3 is 2.53 bits per heavy atom. The van der Waals surface area contributed by atoms with Crippen LogP contribution in [-0.4, -0.2) is 65.6 Å². The number of likely N-dealkylation sites (tertiary alicyclic amines) is 1. The summed E-state index contributed by atoms with van der Waals surface area (Å²) in [7, 11) is -3.40. The molecule has 2 heterocycles. The fraction of sp³-hybridized carbons (Fsp3) is 0.571. The van der Waals surface area contributed by atoms with Gasteiger partial charge in [0.1, 0.15) is 0 Å². The second kappa shape index (κ2) is 9.70. The van der Waals surface area contributed by atoms with E-state index >= 15 is 0 Å². The van der Waals surface area contributed by atoms with Gasteiger partial charge in [0.2, 0.25) is 21.8 Å². The maximum Gasteiger partial charge on any atom is 0.229 e. The number of rotatable bonds is 10. The van der Waals surface area contributed by atoms with Gasteiger partial charge >= 0.3 is 0 Å². The molecule has 9 heteroatoms. The van der Waals surface area contributed by atoms with E-state index in [1.807, 2.05) is 32.0 Å². The number of hydrogen-bond acceptors (Lipinski definition) is 6. The Bertz CT molecular complexity index is 937. The first kappa shape index (κ1) is 22.4. The summed E-state index contributed by atoms with van der Waals surface area (Å²) in [5, 5.41) is 3.92. The van der Waals surface area contributed by atoms with Crippen molar-refractivity contribution in [2.24, 2.45) is 0 Å². The van der Waals surface area contributed by atoms with Gasteiger partial charge in [-0.3, -0.25) is 4.79 Å². The van der Waals surface area contributed by atoms with E-state index in [4.69, 9.17) is 4.52 Å². The Kier molecular flexibility index (Phi) is 7.25. The lowest BCUT2D eigenvalue weighted by Gasteiger charge is -2.44. The van der Waals surface area contributed by atoms with Crippen LogP contribution in [0.3, 0.4) is 0 Å². The van der Waals surface area contributed by atoms with Crippen LogP contribution in [0.5, 0.6) is 0 Å². The zero-order chi connectivity index (χ0) is 21.7. The van der Waals surface area contributed by atoms with Crippen molar-refractivity contribution in [2.75, 3.05) is 25.9 Å². The lowest BCUT2D eigenvalue weighted by molar-refractivity contribution is -0.137. The topological polar surface area (TPSA) is 96.6 Å². The highest BCUT2D eigenvalue weighted by Crippen LogP contribution is 2.20. The number of carbonyl (C=O) groups is 1. The molecule has 3 rings (SSSR count). The van der Waals surface area contributed by atoms with E-state index in [0.29, 0.717) is 37.6 Å². The Hall–Kier alpha value is -2.26. The number of sulfonamides is 1. The number of benzene rings is 1. The van der Waals surface area contributed by atoms with Gasteiger partial charge in [-0.15, -0.1) is 0 Å². The molecule has 0 radical (unpaired) electrons. The zero-order valence-electron chi connectivity index (χ0n) is 17.8. The molecule has 1 amide bonds. The van der Waals surface area contributed by atoms with E-state index in [2.05, 4.69) is 22.3 Å². The summed E-state index contributed by atoms with van der Waals surface area (Å²) in [5.41, 5.74) is 1.22. The Morgan fingerprint density at radius 2 is 1.93 bits per heavy atom. The third-order valence-electron chi connectivity index (χ3n) is 5.28. The van der Waals surface area contributed by atoms with Gasteiger partial charge in [0.25, 0.3) is 0 Å². The van der Waals surface area contributed by atoms with Crippen LogP contribution in [0.25, 0.3) is 0 Å². The summed E-state index contributed by atoms with van der Waals surface area (Å²) in [6.07, 6.45) is 3.71. The molecule has 0 aliphatic carbocycles. The van der Waals surface area contributed by atoms with E-state index in [1.54, 1.807) is 4.90 Å². The van der Waals surface area contributed by atoms with Crippen LogP contribution in [0.15, 0.2) is 34.9 Å².